The van der Waals surface area contributed by atoms with E-state index in [0.29, 0.717) is 15.8 Å². The third-order valence-corrected chi connectivity index (χ3v) is 7.99. The maximum Gasteiger partial charge on any atom is 0.234 e. The van der Waals surface area contributed by atoms with Crippen LogP contribution in [-0.2, 0) is 22.8 Å². The van der Waals surface area contributed by atoms with Crippen molar-refractivity contribution < 1.29 is 4.79 Å². The van der Waals surface area contributed by atoms with Crippen LogP contribution in [0.15, 0.2) is 40.0 Å². The molecule has 5 nitrogen and oxygen atoms in total. The average molecular weight is 574 g/mol. The fourth-order valence-electron chi connectivity index (χ4n) is 2.93. The van der Waals surface area contributed by atoms with Crippen molar-refractivity contribution in [1.29, 1.82) is 0 Å². The molecule has 0 radical (unpaired) electrons. The monoisotopic (exact) mass is 572 g/mol. The van der Waals surface area contributed by atoms with Crippen LogP contribution in [0.5, 0.6) is 0 Å². The Morgan fingerprint density at radius 3 is 2.59 bits per heavy atom. The summed E-state index contributed by atoms with van der Waals surface area (Å²) < 4.78 is 2.91. The molecule has 0 aliphatic heterocycles. The first-order valence-electron chi connectivity index (χ1n) is 9.91. The van der Waals surface area contributed by atoms with E-state index in [4.69, 9.17) is 23.2 Å². The van der Waals surface area contributed by atoms with Crippen molar-refractivity contribution in [3.05, 3.63) is 67.4 Å². The van der Waals surface area contributed by atoms with Gasteiger partial charge in [-0.25, -0.2) is 0 Å². The molecule has 1 aromatic heterocycles. The Morgan fingerprint density at radius 2 is 1.88 bits per heavy atom. The molecule has 1 heterocycles. The van der Waals surface area contributed by atoms with Gasteiger partial charge in [0.25, 0.3) is 0 Å². The molecule has 1 amide bonds. The van der Waals surface area contributed by atoms with Gasteiger partial charge in [0.1, 0.15) is 5.82 Å². The number of carbonyl (C=O) groups excluding carboxylic acids is 1. The largest absolute Gasteiger partial charge is 0.324 e. The van der Waals surface area contributed by atoms with Gasteiger partial charge in [0.05, 0.1) is 17.2 Å². The second-order valence-corrected chi connectivity index (χ2v) is 10.8. The molecule has 0 saturated heterocycles. The third-order valence-electron chi connectivity index (χ3n) is 4.80. The molecule has 0 fully saturated rings. The Hall–Kier alpha value is -1.19. The zero-order valence-corrected chi connectivity index (χ0v) is 22.6. The van der Waals surface area contributed by atoms with Crippen LogP contribution in [0.25, 0.3) is 0 Å². The number of nitrogens with one attached hydrogen (secondary N) is 1. The van der Waals surface area contributed by atoms with Crippen LogP contribution >= 0.6 is 62.7 Å². The summed E-state index contributed by atoms with van der Waals surface area (Å²) >= 11 is 18.8. The Labute approximate surface area is 215 Å². The predicted octanol–water partition coefficient (Wildman–Crippen LogP) is 7.15. The second kappa shape index (κ2) is 11.8. The number of amides is 1. The van der Waals surface area contributed by atoms with Crippen LogP contribution in [0.4, 0.5) is 5.69 Å². The molecule has 32 heavy (non-hydrogen) atoms. The summed E-state index contributed by atoms with van der Waals surface area (Å²) in [6.45, 7) is 6.84. The van der Waals surface area contributed by atoms with Gasteiger partial charge in [-0.2, -0.15) is 0 Å². The van der Waals surface area contributed by atoms with Gasteiger partial charge in [-0.15, -0.1) is 22.0 Å². The van der Waals surface area contributed by atoms with Crippen LogP contribution in [-0.4, -0.2) is 26.4 Å². The summed E-state index contributed by atoms with van der Waals surface area (Å²) in [6.07, 6.45) is 0. The van der Waals surface area contributed by atoms with Crippen molar-refractivity contribution in [2.24, 2.45) is 0 Å². The van der Waals surface area contributed by atoms with Gasteiger partial charge in [0.15, 0.2) is 5.16 Å². The number of aryl methyl sites for hydroxylation is 2. The lowest BCUT2D eigenvalue weighted by atomic mass is 10.1. The number of hydrogen-bond acceptors (Lipinski definition) is 5. The number of rotatable bonds is 9. The van der Waals surface area contributed by atoms with Crippen LogP contribution in [0.2, 0.25) is 10.0 Å². The molecule has 1 N–H and O–H groups in total. The Kier molecular flexibility index (Phi) is 9.37. The highest BCUT2D eigenvalue weighted by atomic mass is 79.9. The Bertz CT molecular complexity index is 1120. The predicted molar refractivity (Wildman–Crippen MR) is 140 cm³/mol. The molecule has 3 aromatic rings. The van der Waals surface area contributed by atoms with Crippen molar-refractivity contribution in [1.82, 2.24) is 14.8 Å². The minimum atomic E-state index is -0.0853. The summed E-state index contributed by atoms with van der Waals surface area (Å²) in [6, 6.07) is 9.51. The fourth-order valence-corrected chi connectivity index (χ4v) is 5.84. The molecular formula is C22H23BrCl2N4OS2. The van der Waals surface area contributed by atoms with Crippen molar-refractivity contribution in [2.45, 2.75) is 44.0 Å². The van der Waals surface area contributed by atoms with E-state index in [1.54, 1.807) is 17.8 Å². The number of aromatic nitrogens is 3. The van der Waals surface area contributed by atoms with Crippen molar-refractivity contribution in [3.63, 3.8) is 0 Å². The van der Waals surface area contributed by atoms with E-state index in [1.165, 1.54) is 17.3 Å². The summed E-state index contributed by atoms with van der Waals surface area (Å²) in [4.78, 5) is 12.5. The molecule has 170 valence electrons. The van der Waals surface area contributed by atoms with Gasteiger partial charge in [-0.1, -0.05) is 41.0 Å². The van der Waals surface area contributed by atoms with E-state index in [-0.39, 0.29) is 11.7 Å². The van der Waals surface area contributed by atoms with Crippen LogP contribution in [0, 0.1) is 13.8 Å². The zero-order valence-electron chi connectivity index (χ0n) is 17.9. The molecule has 0 aliphatic carbocycles. The lowest BCUT2D eigenvalue weighted by Gasteiger charge is -2.11. The second-order valence-electron chi connectivity index (χ2n) is 7.12. The molecule has 0 saturated carbocycles. The van der Waals surface area contributed by atoms with Gasteiger partial charge >= 0.3 is 0 Å². The molecule has 0 bridgehead atoms. The van der Waals surface area contributed by atoms with Gasteiger partial charge < -0.3 is 9.88 Å². The van der Waals surface area contributed by atoms with E-state index >= 15 is 0 Å². The van der Waals surface area contributed by atoms with Crippen LogP contribution in [0.3, 0.4) is 0 Å². The fraction of sp³-hybridized carbons (Fsp3) is 0.318. The van der Waals surface area contributed by atoms with E-state index in [0.717, 1.165) is 44.6 Å². The third kappa shape index (κ3) is 6.67. The molecule has 2 aromatic carbocycles. The van der Waals surface area contributed by atoms with Gasteiger partial charge in [0.2, 0.25) is 5.91 Å². The molecule has 10 heteroatoms. The molecule has 3 rings (SSSR count). The molecular weight excluding hydrogens is 551 g/mol. The highest BCUT2D eigenvalue weighted by molar-refractivity contribution is 9.10. The number of nitrogens with zero attached hydrogens (tertiary/aromatic N) is 3. The molecule has 0 unspecified atom stereocenters. The standard InChI is InChI=1S/C22H23BrCl2N4OS2/c1-4-29-20(11-31-10-15-5-6-16(24)9-18(15)25)27-28-22(29)32-12-21(30)26-19-8-14(3)13(2)7-17(19)23/h5-9H,4,10-12H2,1-3H3,(H,26,30). The SMILES string of the molecule is CCn1c(CSCc2ccc(Cl)cc2Cl)nnc1SCC(=O)Nc1cc(C)c(C)cc1Br. The summed E-state index contributed by atoms with van der Waals surface area (Å²) in [5, 5.41) is 13.6. The van der Waals surface area contributed by atoms with Crippen LogP contribution in [0.1, 0.15) is 29.4 Å². The summed E-state index contributed by atoms with van der Waals surface area (Å²) in [5.41, 5.74) is 4.11. The maximum atomic E-state index is 12.5. The molecule has 0 aliphatic rings. The van der Waals surface area contributed by atoms with E-state index < -0.39 is 0 Å². The quantitative estimate of drug-likeness (QED) is 0.275. The molecule has 0 atom stereocenters. The topological polar surface area (TPSA) is 59.8 Å². The van der Waals surface area contributed by atoms with E-state index in [9.17, 15) is 4.79 Å². The Balaban J connectivity index is 1.56. The number of halogens is 3. The lowest BCUT2D eigenvalue weighted by molar-refractivity contribution is -0.113. The minimum absolute atomic E-state index is 0.0853. The number of anilines is 1. The minimum Gasteiger partial charge on any atom is -0.324 e. The van der Waals surface area contributed by atoms with Crippen molar-refractivity contribution in [3.8, 4) is 0 Å². The zero-order chi connectivity index (χ0) is 23.3. The lowest BCUT2D eigenvalue weighted by Crippen LogP contribution is -2.15. The normalized spacial score (nSPS) is 11.1. The van der Waals surface area contributed by atoms with E-state index in [2.05, 4.69) is 31.4 Å². The average Bonchev–Trinajstić information content (AvgIpc) is 3.14. The van der Waals surface area contributed by atoms with Gasteiger partial charge in [-0.05, 0) is 77.7 Å². The maximum absolute atomic E-state index is 12.5. The van der Waals surface area contributed by atoms with Gasteiger partial charge in [-0.3, -0.25) is 4.79 Å². The number of hydrogen-bond donors (Lipinski definition) is 1. The number of thioether (sulfide) groups is 2. The first-order chi connectivity index (χ1) is 15.3. The van der Waals surface area contributed by atoms with Crippen molar-refractivity contribution in [2.75, 3.05) is 11.1 Å². The van der Waals surface area contributed by atoms with Crippen LogP contribution < -0.4 is 5.32 Å². The van der Waals surface area contributed by atoms with Gasteiger partial charge in [0, 0.05) is 26.8 Å². The number of benzene rings is 2. The molecule has 0 spiro atoms. The smallest absolute Gasteiger partial charge is 0.234 e. The summed E-state index contributed by atoms with van der Waals surface area (Å²) in [7, 11) is 0. The summed E-state index contributed by atoms with van der Waals surface area (Å²) in [5.74, 6) is 2.50. The first-order valence-corrected chi connectivity index (χ1v) is 13.6. The van der Waals surface area contributed by atoms with Crippen molar-refractivity contribution >= 4 is 74.3 Å². The highest BCUT2D eigenvalue weighted by Crippen LogP contribution is 2.28. The highest BCUT2D eigenvalue weighted by Gasteiger charge is 2.14. The van der Waals surface area contributed by atoms with E-state index in [1.807, 2.05) is 49.6 Å². The number of carbonyl (C=O) groups is 1. The first kappa shape index (κ1) is 25.4. The Morgan fingerprint density at radius 1 is 1.12 bits per heavy atom.